The molecule has 2 aliphatic rings. The van der Waals surface area contributed by atoms with Crippen LogP contribution in [0.2, 0.25) is 0 Å². The van der Waals surface area contributed by atoms with E-state index in [0.29, 0.717) is 22.6 Å². The van der Waals surface area contributed by atoms with Gasteiger partial charge in [-0.05, 0) is 24.3 Å². The van der Waals surface area contributed by atoms with Gasteiger partial charge in [-0.25, -0.2) is 8.42 Å². The fourth-order valence-corrected chi connectivity index (χ4v) is 5.12. The summed E-state index contributed by atoms with van der Waals surface area (Å²) in [4.78, 5) is 0. The second-order valence-corrected chi connectivity index (χ2v) is 7.38. The van der Waals surface area contributed by atoms with Gasteiger partial charge in [-0.1, -0.05) is 24.3 Å². The van der Waals surface area contributed by atoms with E-state index in [1.807, 2.05) is 0 Å². The Kier molecular flexibility index (Phi) is 3.55. The van der Waals surface area contributed by atoms with Crippen molar-refractivity contribution in [3.05, 3.63) is 59.7 Å². The van der Waals surface area contributed by atoms with E-state index >= 15 is 0 Å². The second-order valence-electron chi connectivity index (χ2n) is 4.60. The quantitative estimate of drug-likeness (QED) is 0.528. The molecule has 0 aromatic heterocycles. The molecular weight excluding hydrogens is 356 g/mol. The summed E-state index contributed by atoms with van der Waals surface area (Å²) < 4.78 is 44.7. The van der Waals surface area contributed by atoms with Crippen molar-refractivity contribution in [1.82, 2.24) is 0 Å². The van der Waals surface area contributed by atoms with E-state index in [9.17, 15) is 8.42 Å². The van der Waals surface area contributed by atoms with Crippen molar-refractivity contribution in [2.24, 2.45) is 8.80 Å². The monoisotopic (exact) mass is 364 g/mol. The van der Waals surface area contributed by atoms with Crippen LogP contribution >= 0.6 is 24.5 Å². The Morgan fingerprint density at radius 3 is 1.65 bits per heavy atom. The molecule has 4 rings (SSSR count). The van der Waals surface area contributed by atoms with Gasteiger partial charge in [0, 0.05) is 0 Å². The number of hydrogen-bond acceptors (Lipinski definition) is 8. The fourth-order valence-electron chi connectivity index (χ4n) is 2.19. The van der Waals surface area contributed by atoms with Gasteiger partial charge in [0.1, 0.15) is 11.5 Å². The van der Waals surface area contributed by atoms with Crippen LogP contribution in [-0.4, -0.2) is 18.5 Å². The predicted octanol–water partition coefficient (Wildman–Crippen LogP) is 3.21. The van der Waals surface area contributed by atoms with Crippen LogP contribution in [0.3, 0.4) is 0 Å². The highest BCUT2D eigenvalue weighted by atomic mass is 32.2. The fraction of sp³-hybridized carbons (Fsp3) is 0. The van der Waals surface area contributed by atoms with Gasteiger partial charge in [0.15, 0.2) is 10.1 Å². The number of sulfone groups is 1. The van der Waals surface area contributed by atoms with E-state index < -0.39 is 9.84 Å². The van der Waals surface area contributed by atoms with Crippen LogP contribution < -0.4 is 8.37 Å². The molecule has 23 heavy (non-hydrogen) atoms. The van der Waals surface area contributed by atoms with Crippen molar-refractivity contribution >= 4 is 44.4 Å². The summed E-state index contributed by atoms with van der Waals surface area (Å²) in [6.07, 6.45) is 0. The van der Waals surface area contributed by atoms with Gasteiger partial charge in [-0.15, -0.1) is 0 Å². The van der Waals surface area contributed by atoms with Crippen LogP contribution in [0.1, 0.15) is 11.1 Å². The Labute approximate surface area is 141 Å². The topological polar surface area (TPSA) is 77.3 Å². The molecule has 2 aromatic rings. The third-order valence-corrected chi connectivity index (χ3v) is 6.13. The highest BCUT2D eigenvalue weighted by Gasteiger charge is 2.36. The minimum absolute atomic E-state index is 0.0691. The lowest BCUT2D eigenvalue weighted by Crippen LogP contribution is -2.28. The molecule has 6 nitrogen and oxygen atoms in total. The molecule has 116 valence electrons. The van der Waals surface area contributed by atoms with Crippen LogP contribution in [-0.2, 0) is 9.84 Å². The summed E-state index contributed by atoms with van der Waals surface area (Å²) in [7, 11) is -3.91. The molecule has 0 bridgehead atoms. The minimum Gasteiger partial charge on any atom is -0.403 e. The molecule has 9 heteroatoms. The molecule has 0 aliphatic carbocycles. The minimum atomic E-state index is -3.91. The molecule has 2 aliphatic heterocycles. The van der Waals surface area contributed by atoms with Crippen molar-refractivity contribution in [3.63, 3.8) is 0 Å². The summed E-state index contributed by atoms with van der Waals surface area (Å²) in [5.74, 6) is 0.916. The highest BCUT2D eigenvalue weighted by Crippen LogP contribution is 2.35. The van der Waals surface area contributed by atoms with Crippen LogP contribution in [0.5, 0.6) is 11.5 Å². The van der Waals surface area contributed by atoms with Gasteiger partial charge >= 0.3 is 0 Å². The van der Waals surface area contributed by atoms with E-state index in [4.69, 9.17) is 8.37 Å². The summed E-state index contributed by atoms with van der Waals surface area (Å²) in [5.41, 5.74) is 0.839. The maximum atomic E-state index is 13.1. The number of hydrogen-bond donors (Lipinski definition) is 0. The highest BCUT2D eigenvalue weighted by molar-refractivity contribution is 8.21. The first-order chi connectivity index (χ1) is 11.2. The molecule has 2 aromatic carbocycles. The second kappa shape index (κ2) is 5.59. The van der Waals surface area contributed by atoms with E-state index in [-0.39, 0.29) is 10.1 Å². The smallest absolute Gasteiger partial charge is 0.244 e. The zero-order valence-corrected chi connectivity index (χ0v) is 13.8. The van der Waals surface area contributed by atoms with Crippen molar-refractivity contribution in [1.29, 1.82) is 0 Å². The number of fused-ring (bicyclic) bond motifs is 2. The summed E-state index contributed by atoms with van der Waals surface area (Å²) in [6, 6.07) is 13.7. The largest absolute Gasteiger partial charge is 0.403 e. The van der Waals surface area contributed by atoms with Crippen LogP contribution in [0.15, 0.2) is 57.3 Å². The van der Waals surface area contributed by atoms with E-state index in [1.165, 1.54) is 0 Å². The Morgan fingerprint density at radius 2 is 1.17 bits per heavy atom. The third-order valence-electron chi connectivity index (χ3n) is 3.24. The lowest BCUT2D eigenvalue weighted by atomic mass is 10.2. The maximum Gasteiger partial charge on any atom is 0.244 e. The summed E-state index contributed by atoms with van der Waals surface area (Å²) in [5, 5.41) is -0.138. The lowest BCUT2D eigenvalue weighted by Gasteiger charge is -2.19. The van der Waals surface area contributed by atoms with Gasteiger partial charge in [0.25, 0.3) is 0 Å². The molecule has 2 heterocycles. The average molecular weight is 364 g/mol. The van der Waals surface area contributed by atoms with Crippen molar-refractivity contribution < 1.29 is 16.8 Å². The molecular formula is C14H8N2O4S3. The molecule has 0 amide bonds. The van der Waals surface area contributed by atoms with Gasteiger partial charge in [0.05, 0.1) is 11.1 Å². The van der Waals surface area contributed by atoms with Gasteiger partial charge in [-0.3, -0.25) is 0 Å². The molecule has 0 unspecified atom stereocenters. The van der Waals surface area contributed by atoms with Crippen molar-refractivity contribution in [3.8, 4) is 11.5 Å². The molecule has 0 spiro atoms. The Balaban J connectivity index is 1.87. The van der Waals surface area contributed by atoms with Gasteiger partial charge in [-0.2, -0.15) is 8.80 Å². The zero-order chi connectivity index (χ0) is 15.9. The zero-order valence-electron chi connectivity index (χ0n) is 11.4. The first-order valence-corrected chi connectivity index (χ1v) is 9.33. The molecule has 0 radical (unpaired) electrons. The molecule has 0 saturated heterocycles. The third kappa shape index (κ3) is 2.41. The van der Waals surface area contributed by atoms with Crippen molar-refractivity contribution in [2.75, 3.05) is 0 Å². The Morgan fingerprint density at radius 1 is 0.739 bits per heavy atom. The van der Waals surface area contributed by atoms with E-state index in [0.717, 1.165) is 24.5 Å². The van der Waals surface area contributed by atoms with E-state index in [1.54, 1.807) is 48.5 Å². The predicted molar refractivity (Wildman–Crippen MR) is 91.3 cm³/mol. The normalized spacial score (nSPS) is 16.2. The van der Waals surface area contributed by atoms with Gasteiger partial charge in [0.2, 0.25) is 34.3 Å². The van der Waals surface area contributed by atoms with Gasteiger partial charge < -0.3 is 8.37 Å². The summed E-state index contributed by atoms with van der Waals surface area (Å²) >= 11 is 1.47. The number of benzene rings is 2. The maximum absolute atomic E-state index is 13.1. The molecule has 0 fully saturated rings. The SMILES string of the molecule is O=S(=O)(C1=NSOc2ccccc21)C1=NSOc2ccccc21. The van der Waals surface area contributed by atoms with Crippen LogP contribution in [0.25, 0.3) is 0 Å². The number of rotatable bonds is 0. The molecule has 0 atom stereocenters. The van der Waals surface area contributed by atoms with E-state index in [2.05, 4.69) is 8.80 Å². The Bertz CT molecular complexity index is 882. The summed E-state index contributed by atoms with van der Waals surface area (Å²) in [6.45, 7) is 0. The first kappa shape index (κ1) is 14.6. The molecule has 0 N–H and O–H groups in total. The van der Waals surface area contributed by atoms with Crippen LogP contribution in [0, 0.1) is 0 Å². The molecule has 0 saturated carbocycles. The number of nitrogens with zero attached hydrogens (tertiary/aromatic N) is 2. The number of para-hydroxylation sites is 2. The van der Waals surface area contributed by atoms with Crippen LogP contribution in [0.4, 0.5) is 0 Å². The standard InChI is InChI=1S/C14H8N2O4S3/c17-23(18,13-9-5-1-3-7-11(9)19-21-15-13)14-10-6-2-4-8-12(10)20-22-16-14/h1-8H. The first-order valence-electron chi connectivity index (χ1n) is 6.45. The van der Waals surface area contributed by atoms with Crippen molar-refractivity contribution in [2.45, 2.75) is 0 Å². The lowest BCUT2D eigenvalue weighted by molar-refractivity contribution is 0.613. The average Bonchev–Trinajstić information content (AvgIpc) is 2.60. The Hall–Kier alpha value is -1.97.